The van der Waals surface area contributed by atoms with Crippen LogP contribution >= 0.6 is 0 Å². The zero-order valence-corrected chi connectivity index (χ0v) is 11.9. The molecule has 0 aliphatic rings. The summed E-state index contributed by atoms with van der Waals surface area (Å²) in [5.74, 6) is 1.36. The fourth-order valence-corrected chi connectivity index (χ4v) is 2.10. The van der Waals surface area contributed by atoms with E-state index in [0.29, 0.717) is 0 Å². The zero-order chi connectivity index (χ0) is 13.9. The van der Waals surface area contributed by atoms with E-state index in [9.17, 15) is 0 Å². The summed E-state index contributed by atoms with van der Waals surface area (Å²) in [6, 6.07) is 8.28. The van der Waals surface area contributed by atoms with Crippen LogP contribution in [-0.4, -0.2) is 17.2 Å². The first-order valence-electron chi connectivity index (χ1n) is 7.35. The van der Waals surface area contributed by atoms with E-state index in [1.807, 2.05) is 12.1 Å². The van der Waals surface area contributed by atoms with Gasteiger partial charge in [-0.2, -0.15) is 0 Å². The summed E-state index contributed by atoms with van der Waals surface area (Å²) >= 11 is 0. The van der Waals surface area contributed by atoms with Crippen LogP contribution in [0, 0.1) is 0 Å². The molecule has 0 fully saturated rings. The average Bonchev–Trinajstić information content (AvgIpc) is 2.41. The second kappa shape index (κ2) is 9.82. The van der Waals surface area contributed by atoms with Gasteiger partial charge in [-0.25, -0.2) is 0 Å². The summed E-state index contributed by atoms with van der Waals surface area (Å²) in [4.78, 5) is 0. The van der Waals surface area contributed by atoms with E-state index in [1.165, 1.54) is 50.1 Å². The number of rotatable bonds is 9. The van der Waals surface area contributed by atoms with Gasteiger partial charge in [-0.3, -0.25) is 0 Å². The van der Waals surface area contributed by atoms with Gasteiger partial charge < -0.3 is 10.0 Å². The van der Waals surface area contributed by atoms with Gasteiger partial charge >= 0.3 is 7.12 Å². The first-order valence-corrected chi connectivity index (χ1v) is 7.35. The topological polar surface area (TPSA) is 40.5 Å². The summed E-state index contributed by atoms with van der Waals surface area (Å²) in [5.41, 5.74) is 2.36. The van der Waals surface area contributed by atoms with Crippen LogP contribution in [0.4, 0.5) is 0 Å². The molecule has 0 heterocycles. The second-order valence-corrected chi connectivity index (χ2v) is 5.03. The Morgan fingerprint density at radius 2 is 1.58 bits per heavy atom. The predicted octanol–water partition coefficient (Wildman–Crippen LogP) is 3.61. The summed E-state index contributed by atoms with van der Waals surface area (Å²) in [6.07, 6.45) is 10.8. The van der Waals surface area contributed by atoms with Crippen molar-refractivity contribution in [3.05, 3.63) is 41.4 Å². The molecule has 0 saturated heterocycles. The second-order valence-electron chi connectivity index (χ2n) is 5.03. The zero-order valence-electron chi connectivity index (χ0n) is 11.9. The molecule has 1 aromatic carbocycles. The van der Waals surface area contributed by atoms with E-state index < -0.39 is 7.12 Å². The van der Waals surface area contributed by atoms with Crippen LogP contribution in [0.2, 0.25) is 0 Å². The van der Waals surface area contributed by atoms with Crippen LogP contribution in [0.25, 0.3) is 6.08 Å². The minimum absolute atomic E-state index is 1.000. The lowest BCUT2D eigenvalue weighted by molar-refractivity contribution is 0.424. The van der Waals surface area contributed by atoms with Gasteiger partial charge in [-0.05, 0) is 24.0 Å². The molecule has 0 saturated carbocycles. The SMILES string of the molecule is CCCCCCCCc1ccc(C=CB(O)O)cc1. The van der Waals surface area contributed by atoms with Crippen LogP contribution in [-0.2, 0) is 6.42 Å². The minimum atomic E-state index is -1.37. The van der Waals surface area contributed by atoms with Gasteiger partial charge in [0.2, 0.25) is 0 Å². The third kappa shape index (κ3) is 7.86. The van der Waals surface area contributed by atoms with Crippen LogP contribution in [0.3, 0.4) is 0 Å². The number of hydrogen-bond donors (Lipinski definition) is 2. The Hall–Kier alpha value is -1.06. The van der Waals surface area contributed by atoms with Gasteiger partial charge in [0.25, 0.3) is 0 Å². The molecule has 0 spiro atoms. The lowest BCUT2D eigenvalue weighted by Crippen LogP contribution is -2.05. The van der Waals surface area contributed by atoms with Crippen molar-refractivity contribution in [1.29, 1.82) is 0 Å². The van der Waals surface area contributed by atoms with Crippen molar-refractivity contribution in [2.75, 3.05) is 0 Å². The van der Waals surface area contributed by atoms with E-state index in [0.717, 1.165) is 12.0 Å². The van der Waals surface area contributed by atoms with Gasteiger partial charge in [-0.1, -0.05) is 75.3 Å². The Kier molecular flexibility index (Phi) is 8.27. The third-order valence-corrected chi connectivity index (χ3v) is 3.26. The van der Waals surface area contributed by atoms with Crippen molar-refractivity contribution in [2.24, 2.45) is 0 Å². The Bertz CT molecular complexity index is 358. The van der Waals surface area contributed by atoms with E-state index in [1.54, 1.807) is 6.08 Å². The number of aryl methyl sites for hydroxylation is 1. The summed E-state index contributed by atoms with van der Waals surface area (Å²) < 4.78 is 0. The van der Waals surface area contributed by atoms with Gasteiger partial charge in [0, 0.05) is 0 Å². The lowest BCUT2D eigenvalue weighted by Gasteiger charge is -2.03. The van der Waals surface area contributed by atoms with E-state index in [-0.39, 0.29) is 0 Å². The average molecular weight is 260 g/mol. The standard InChI is InChI=1S/C16H25BO2/c1-2-3-4-5-6-7-8-15-9-11-16(12-10-15)13-14-17(18)19/h9-14,18-19H,2-8H2,1H3. The Balaban J connectivity index is 2.24. The number of benzene rings is 1. The minimum Gasteiger partial charge on any atom is -0.424 e. The first kappa shape index (κ1) is 16.0. The molecular weight excluding hydrogens is 235 g/mol. The molecule has 0 aliphatic heterocycles. The van der Waals surface area contributed by atoms with Gasteiger partial charge in [0.05, 0.1) is 0 Å². The quantitative estimate of drug-likeness (QED) is 0.526. The molecule has 0 aliphatic carbocycles. The molecule has 0 bridgehead atoms. The molecule has 2 N–H and O–H groups in total. The summed E-state index contributed by atoms with van der Waals surface area (Å²) in [7, 11) is -1.37. The fraction of sp³-hybridized carbons (Fsp3) is 0.500. The molecule has 1 aromatic rings. The molecule has 19 heavy (non-hydrogen) atoms. The molecular formula is C16H25BO2. The van der Waals surface area contributed by atoms with Gasteiger partial charge in [-0.15, -0.1) is 0 Å². The highest BCUT2D eigenvalue weighted by Gasteiger charge is 1.98. The molecule has 2 nitrogen and oxygen atoms in total. The molecule has 1 rings (SSSR count). The number of hydrogen-bond acceptors (Lipinski definition) is 2. The molecule has 3 heteroatoms. The Morgan fingerprint density at radius 1 is 0.947 bits per heavy atom. The van der Waals surface area contributed by atoms with Crippen LogP contribution < -0.4 is 0 Å². The molecule has 104 valence electrons. The maximum absolute atomic E-state index is 8.74. The summed E-state index contributed by atoms with van der Waals surface area (Å²) in [6.45, 7) is 2.24. The third-order valence-electron chi connectivity index (χ3n) is 3.26. The largest absolute Gasteiger partial charge is 0.480 e. The predicted molar refractivity (Wildman–Crippen MR) is 82.7 cm³/mol. The molecule has 0 amide bonds. The van der Waals surface area contributed by atoms with Crippen LogP contribution in [0.5, 0.6) is 0 Å². The van der Waals surface area contributed by atoms with Crippen LogP contribution in [0.15, 0.2) is 30.2 Å². The molecule has 0 unspecified atom stereocenters. The Morgan fingerprint density at radius 3 is 2.21 bits per heavy atom. The van der Waals surface area contributed by atoms with Crippen molar-refractivity contribution in [3.8, 4) is 0 Å². The molecule has 0 atom stereocenters. The maximum Gasteiger partial charge on any atom is 0.480 e. The lowest BCUT2D eigenvalue weighted by atomic mass is 9.90. The molecule has 0 radical (unpaired) electrons. The highest BCUT2D eigenvalue weighted by atomic mass is 16.4. The van der Waals surface area contributed by atoms with Crippen molar-refractivity contribution >= 4 is 13.2 Å². The number of unbranched alkanes of at least 4 members (excludes halogenated alkanes) is 5. The molecule has 0 aromatic heterocycles. The Labute approximate surface area is 117 Å². The van der Waals surface area contributed by atoms with E-state index in [4.69, 9.17) is 10.0 Å². The highest BCUT2D eigenvalue weighted by molar-refractivity contribution is 6.48. The van der Waals surface area contributed by atoms with E-state index in [2.05, 4.69) is 19.1 Å². The maximum atomic E-state index is 8.74. The summed E-state index contributed by atoms with van der Waals surface area (Å²) in [5, 5.41) is 17.5. The normalized spacial score (nSPS) is 11.1. The smallest absolute Gasteiger partial charge is 0.424 e. The fourth-order valence-electron chi connectivity index (χ4n) is 2.10. The van der Waals surface area contributed by atoms with Crippen molar-refractivity contribution in [2.45, 2.75) is 51.9 Å². The van der Waals surface area contributed by atoms with E-state index >= 15 is 0 Å². The van der Waals surface area contributed by atoms with Crippen LogP contribution in [0.1, 0.15) is 56.6 Å². The van der Waals surface area contributed by atoms with Crippen molar-refractivity contribution in [3.63, 3.8) is 0 Å². The monoisotopic (exact) mass is 260 g/mol. The van der Waals surface area contributed by atoms with Crippen molar-refractivity contribution in [1.82, 2.24) is 0 Å². The van der Waals surface area contributed by atoms with Crippen molar-refractivity contribution < 1.29 is 10.0 Å². The highest BCUT2D eigenvalue weighted by Crippen LogP contribution is 2.11. The van der Waals surface area contributed by atoms with Gasteiger partial charge in [0.15, 0.2) is 0 Å². The van der Waals surface area contributed by atoms with Gasteiger partial charge in [0.1, 0.15) is 0 Å². The first-order chi connectivity index (χ1) is 9.22.